The van der Waals surface area contributed by atoms with E-state index in [-0.39, 0.29) is 5.56 Å². The number of carbonyl (C=O) groups is 1. The maximum Gasteiger partial charge on any atom is 0.433 e. The number of alkyl halides is 4. The lowest BCUT2D eigenvalue weighted by Crippen LogP contribution is -2.32. The summed E-state index contributed by atoms with van der Waals surface area (Å²) in [6.07, 6.45) is -5.47. The van der Waals surface area contributed by atoms with Crippen molar-refractivity contribution in [1.29, 1.82) is 0 Å². The van der Waals surface area contributed by atoms with E-state index in [2.05, 4.69) is 4.99 Å². The van der Waals surface area contributed by atoms with Gasteiger partial charge >= 0.3 is 12.1 Å². The minimum absolute atomic E-state index is 0.257. The molecule has 21 heavy (non-hydrogen) atoms. The van der Waals surface area contributed by atoms with Crippen LogP contribution in [0.5, 0.6) is 0 Å². The summed E-state index contributed by atoms with van der Waals surface area (Å²) >= 11 is 0. The number of hydrogen-bond acceptors (Lipinski definition) is 2. The lowest BCUT2D eigenvalue weighted by atomic mass is 10.0. The van der Waals surface area contributed by atoms with Crippen molar-refractivity contribution in [2.75, 3.05) is 0 Å². The van der Waals surface area contributed by atoms with E-state index < -0.39 is 36.0 Å². The normalized spacial score (nSPS) is 14.9. The first-order chi connectivity index (χ1) is 9.50. The van der Waals surface area contributed by atoms with E-state index in [9.17, 15) is 22.4 Å². The van der Waals surface area contributed by atoms with Gasteiger partial charge in [-0.2, -0.15) is 13.2 Å². The SMILES string of the molecule is CC(C)(F)C[C@H](/N=C(\c1ccccc1)C(F)(F)F)C(=O)O. The first-order valence-electron chi connectivity index (χ1n) is 6.13. The molecule has 0 unspecified atom stereocenters. The molecule has 116 valence electrons. The van der Waals surface area contributed by atoms with E-state index in [1.807, 2.05) is 0 Å². The predicted molar refractivity (Wildman–Crippen MR) is 70.3 cm³/mol. The number of rotatable bonds is 5. The summed E-state index contributed by atoms with van der Waals surface area (Å²) < 4.78 is 52.7. The molecular formula is C14H15F4NO2. The van der Waals surface area contributed by atoms with Crippen LogP contribution in [0.25, 0.3) is 0 Å². The van der Waals surface area contributed by atoms with E-state index in [0.717, 1.165) is 13.8 Å². The number of benzene rings is 1. The van der Waals surface area contributed by atoms with Gasteiger partial charge in [0.05, 0.1) is 0 Å². The summed E-state index contributed by atoms with van der Waals surface area (Å²) in [4.78, 5) is 14.3. The lowest BCUT2D eigenvalue weighted by molar-refractivity contribution is -0.139. The molecule has 1 atom stereocenters. The van der Waals surface area contributed by atoms with Crippen LogP contribution in [0, 0.1) is 0 Å². The summed E-state index contributed by atoms with van der Waals surface area (Å²) in [5.74, 6) is -1.60. The van der Waals surface area contributed by atoms with Crippen LogP contribution in [-0.4, -0.2) is 34.7 Å². The highest BCUT2D eigenvalue weighted by Crippen LogP contribution is 2.25. The van der Waals surface area contributed by atoms with Gasteiger partial charge in [-0.25, -0.2) is 9.18 Å². The summed E-state index contributed by atoms with van der Waals surface area (Å²) in [5.41, 5.74) is -3.52. The fourth-order valence-electron chi connectivity index (χ4n) is 1.71. The van der Waals surface area contributed by atoms with Crippen molar-refractivity contribution in [2.45, 2.75) is 38.2 Å². The molecule has 1 rings (SSSR count). The third-order valence-corrected chi connectivity index (χ3v) is 2.56. The zero-order valence-electron chi connectivity index (χ0n) is 11.5. The largest absolute Gasteiger partial charge is 0.480 e. The monoisotopic (exact) mass is 305 g/mol. The average Bonchev–Trinajstić information content (AvgIpc) is 2.32. The van der Waals surface area contributed by atoms with Gasteiger partial charge in [0.25, 0.3) is 0 Å². The van der Waals surface area contributed by atoms with Crippen molar-refractivity contribution in [3.8, 4) is 0 Å². The number of aliphatic carboxylic acids is 1. The van der Waals surface area contributed by atoms with Crippen LogP contribution in [0.15, 0.2) is 35.3 Å². The number of carboxylic acids is 1. The van der Waals surface area contributed by atoms with Gasteiger partial charge in [0.2, 0.25) is 0 Å². The van der Waals surface area contributed by atoms with Crippen LogP contribution in [0.3, 0.4) is 0 Å². The van der Waals surface area contributed by atoms with Gasteiger partial charge in [-0.15, -0.1) is 0 Å². The van der Waals surface area contributed by atoms with Crippen molar-refractivity contribution in [2.24, 2.45) is 4.99 Å². The fraction of sp³-hybridized carbons (Fsp3) is 0.429. The van der Waals surface area contributed by atoms with Gasteiger partial charge < -0.3 is 5.11 Å². The number of nitrogens with zero attached hydrogens (tertiary/aromatic N) is 1. The van der Waals surface area contributed by atoms with Crippen LogP contribution in [0.4, 0.5) is 17.6 Å². The van der Waals surface area contributed by atoms with Crippen LogP contribution >= 0.6 is 0 Å². The molecule has 0 amide bonds. The second-order valence-electron chi connectivity index (χ2n) is 5.12. The summed E-state index contributed by atoms with van der Waals surface area (Å²) in [6, 6.07) is 4.83. The molecule has 0 aliphatic rings. The Labute approximate surface area is 119 Å². The Kier molecular flexibility index (Phi) is 5.09. The molecular weight excluding hydrogens is 290 g/mol. The third-order valence-electron chi connectivity index (χ3n) is 2.56. The molecule has 0 saturated heterocycles. The molecule has 1 N–H and O–H groups in total. The van der Waals surface area contributed by atoms with Gasteiger partial charge in [-0.05, 0) is 13.8 Å². The predicted octanol–water partition coefficient (Wildman–Crippen LogP) is 3.63. The van der Waals surface area contributed by atoms with Gasteiger partial charge in [0, 0.05) is 12.0 Å². The van der Waals surface area contributed by atoms with Crippen LogP contribution in [-0.2, 0) is 4.79 Å². The zero-order chi connectivity index (χ0) is 16.3. The first-order valence-corrected chi connectivity index (χ1v) is 6.13. The smallest absolute Gasteiger partial charge is 0.433 e. The molecule has 0 saturated carbocycles. The van der Waals surface area contributed by atoms with E-state index in [0.29, 0.717) is 0 Å². The second kappa shape index (κ2) is 6.24. The van der Waals surface area contributed by atoms with Gasteiger partial charge in [-0.1, -0.05) is 30.3 Å². The van der Waals surface area contributed by atoms with Crippen LogP contribution < -0.4 is 0 Å². The van der Waals surface area contributed by atoms with Crippen LogP contribution in [0.1, 0.15) is 25.8 Å². The molecule has 0 aromatic heterocycles. The second-order valence-corrected chi connectivity index (χ2v) is 5.12. The average molecular weight is 305 g/mol. The maximum atomic E-state index is 13.5. The number of hydrogen-bond donors (Lipinski definition) is 1. The molecule has 0 aliphatic heterocycles. The molecule has 0 spiro atoms. The summed E-state index contributed by atoms with van der Waals surface area (Å²) in [5, 5.41) is 8.96. The highest BCUT2D eigenvalue weighted by atomic mass is 19.4. The van der Waals surface area contributed by atoms with E-state index in [4.69, 9.17) is 5.11 Å². The topological polar surface area (TPSA) is 49.7 Å². The highest BCUT2D eigenvalue weighted by Gasteiger charge is 2.39. The lowest BCUT2D eigenvalue weighted by Gasteiger charge is -2.19. The Morgan fingerprint density at radius 3 is 2.10 bits per heavy atom. The summed E-state index contributed by atoms with van der Waals surface area (Å²) in [6.45, 7) is 2.18. The fourth-order valence-corrected chi connectivity index (χ4v) is 1.71. The molecule has 1 aromatic rings. The van der Waals surface area contributed by atoms with Crippen molar-refractivity contribution in [3.63, 3.8) is 0 Å². The maximum absolute atomic E-state index is 13.5. The van der Waals surface area contributed by atoms with E-state index in [1.54, 1.807) is 0 Å². The number of carboxylic acid groups (broad SMARTS) is 1. The Balaban J connectivity index is 3.26. The zero-order valence-corrected chi connectivity index (χ0v) is 11.5. The molecule has 1 aromatic carbocycles. The van der Waals surface area contributed by atoms with Gasteiger partial charge in [0.15, 0.2) is 6.04 Å². The molecule has 7 heteroatoms. The Morgan fingerprint density at radius 1 is 1.19 bits per heavy atom. The Bertz CT molecular complexity index is 518. The van der Waals surface area contributed by atoms with E-state index in [1.165, 1.54) is 30.3 Å². The van der Waals surface area contributed by atoms with E-state index >= 15 is 0 Å². The molecule has 0 aliphatic carbocycles. The van der Waals surface area contributed by atoms with Crippen molar-refractivity contribution in [1.82, 2.24) is 0 Å². The standard InChI is InChI=1S/C14H15F4NO2/c1-13(2,15)8-10(12(20)21)19-11(14(16,17)18)9-6-4-3-5-7-9/h3-7,10H,8H2,1-2H3,(H,20,21)/b19-11+/t10-/m0/s1. The van der Waals surface area contributed by atoms with Crippen LogP contribution in [0.2, 0.25) is 0 Å². The highest BCUT2D eigenvalue weighted by molar-refractivity contribution is 6.05. The van der Waals surface area contributed by atoms with Gasteiger partial charge in [0.1, 0.15) is 11.4 Å². The molecule has 3 nitrogen and oxygen atoms in total. The molecule has 0 radical (unpaired) electrons. The third kappa shape index (κ3) is 5.53. The van der Waals surface area contributed by atoms with Crippen molar-refractivity contribution >= 4 is 11.7 Å². The minimum atomic E-state index is -4.82. The van der Waals surface area contributed by atoms with Gasteiger partial charge in [-0.3, -0.25) is 4.99 Å². The molecule has 0 fully saturated rings. The minimum Gasteiger partial charge on any atom is -0.480 e. The Morgan fingerprint density at radius 2 is 1.71 bits per heavy atom. The molecule has 0 heterocycles. The number of halogens is 4. The van der Waals surface area contributed by atoms with Crippen molar-refractivity contribution < 1.29 is 27.5 Å². The number of aliphatic imine (C=N–C) groups is 1. The Hall–Kier alpha value is -1.92. The first kappa shape index (κ1) is 17.1. The quantitative estimate of drug-likeness (QED) is 0.667. The molecule has 0 bridgehead atoms. The summed E-state index contributed by atoms with van der Waals surface area (Å²) in [7, 11) is 0. The van der Waals surface area contributed by atoms with Crippen molar-refractivity contribution in [3.05, 3.63) is 35.9 Å².